The van der Waals surface area contributed by atoms with Crippen molar-refractivity contribution in [3.05, 3.63) is 17.3 Å². The first-order chi connectivity index (χ1) is 7.65. The molecule has 0 radical (unpaired) electrons. The van der Waals surface area contributed by atoms with Gasteiger partial charge in [-0.1, -0.05) is 11.6 Å². The van der Waals surface area contributed by atoms with Crippen LogP contribution in [0.5, 0.6) is 0 Å². The number of nitrogens with zero attached hydrogens (tertiary/aromatic N) is 2. The molecular formula is C11H17ClN4. The molecule has 88 valence electrons. The summed E-state index contributed by atoms with van der Waals surface area (Å²) in [5.74, 6) is 0.500. The molecule has 2 heterocycles. The van der Waals surface area contributed by atoms with Crippen LogP contribution in [0.1, 0.15) is 12.8 Å². The third kappa shape index (κ3) is 2.77. The molecule has 0 bridgehead atoms. The van der Waals surface area contributed by atoms with Crippen molar-refractivity contribution in [2.75, 3.05) is 31.2 Å². The predicted octanol–water partition coefficient (Wildman–Crippen LogP) is 1.82. The average molecular weight is 241 g/mol. The predicted molar refractivity (Wildman–Crippen MR) is 67.8 cm³/mol. The van der Waals surface area contributed by atoms with Crippen molar-refractivity contribution in [1.82, 2.24) is 9.88 Å². The van der Waals surface area contributed by atoms with Crippen molar-refractivity contribution >= 4 is 23.1 Å². The molecule has 16 heavy (non-hydrogen) atoms. The fourth-order valence-corrected chi connectivity index (χ4v) is 2.10. The number of nitrogens with two attached hydrogens (primary N) is 1. The van der Waals surface area contributed by atoms with E-state index in [1.165, 1.54) is 0 Å². The van der Waals surface area contributed by atoms with E-state index in [1.807, 2.05) is 0 Å². The average Bonchev–Trinajstić information content (AvgIpc) is 2.27. The van der Waals surface area contributed by atoms with Crippen LogP contribution in [-0.4, -0.2) is 36.1 Å². The monoisotopic (exact) mass is 240 g/mol. The van der Waals surface area contributed by atoms with Crippen LogP contribution in [0, 0.1) is 0 Å². The Hall–Kier alpha value is -1.00. The van der Waals surface area contributed by atoms with E-state index in [1.54, 1.807) is 12.3 Å². The highest BCUT2D eigenvalue weighted by Crippen LogP contribution is 2.24. The highest BCUT2D eigenvalue weighted by atomic mass is 35.5. The van der Waals surface area contributed by atoms with E-state index in [4.69, 9.17) is 17.3 Å². The fourth-order valence-electron chi connectivity index (χ4n) is 1.94. The van der Waals surface area contributed by atoms with Gasteiger partial charge in [-0.25, -0.2) is 4.98 Å². The second-order valence-corrected chi connectivity index (χ2v) is 4.72. The lowest BCUT2D eigenvalue weighted by molar-refractivity contribution is 0.264. The molecule has 1 aliphatic rings. The lowest BCUT2D eigenvalue weighted by atomic mass is 10.1. The zero-order chi connectivity index (χ0) is 11.5. The van der Waals surface area contributed by atoms with Gasteiger partial charge in [0.1, 0.15) is 5.82 Å². The minimum absolute atomic E-state index is 0.482. The number of pyridine rings is 1. The van der Waals surface area contributed by atoms with Gasteiger partial charge in [-0.2, -0.15) is 0 Å². The van der Waals surface area contributed by atoms with E-state index in [2.05, 4.69) is 22.2 Å². The molecule has 1 aromatic rings. The molecule has 4 nitrogen and oxygen atoms in total. The second-order valence-electron chi connectivity index (χ2n) is 4.31. The van der Waals surface area contributed by atoms with Gasteiger partial charge in [-0.05, 0) is 33.0 Å². The Morgan fingerprint density at radius 3 is 2.88 bits per heavy atom. The molecule has 5 heteroatoms. The van der Waals surface area contributed by atoms with Crippen molar-refractivity contribution < 1.29 is 0 Å². The van der Waals surface area contributed by atoms with Crippen LogP contribution in [0.3, 0.4) is 0 Å². The van der Waals surface area contributed by atoms with Crippen molar-refractivity contribution in [1.29, 1.82) is 0 Å². The highest BCUT2D eigenvalue weighted by molar-refractivity contribution is 6.33. The van der Waals surface area contributed by atoms with Crippen molar-refractivity contribution in [2.24, 2.45) is 0 Å². The van der Waals surface area contributed by atoms with Crippen molar-refractivity contribution in [3.63, 3.8) is 0 Å². The summed E-state index contributed by atoms with van der Waals surface area (Å²) in [4.78, 5) is 6.28. The Morgan fingerprint density at radius 1 is 1.50 bits per heavy atom. The first kappa shape index (κ1) is 11.5. The third-order valence-corrected chi connectivity index (χ3v) is 3.26. The molecule has 0 aliphatic carbocycles. The third-order valence-electron chi connectivity index (χ3n) is 2.95. The number of anilines is 2. The van der Waals surface area contributed by atoms with Gasteiger partial charge in [0.25, 0.3) is 0 Å². The summed E-state index contributed by atoms with van der Waals surface area (Å²) in [6, 6.07) is 2.27. The number of hydrogen-bond donors (Lipinski definition) is 2. The van der Waals surface area contributed by atoms with Crippen LogP contribution in [0.4, 0.5) is 11.5 Å². The molecular weight excluding hydrogens is 224 g/mol. The van der Waals surface area contributed by atoms with E-state index >= 15 is 0 Å². The maximum atomic E-state index is 6.05. The maximum absolute atomic E-state index is 6.05. The van der Waals surface area contributed by atoms with E-state index in [0.717, 1.165) is 31.6 Å². The first-order valence-electron chi connectivity index (χ1n) is 5.51. The van der Waals surface area contributed by atoms with Crippen LogP contribution < -0.4 is 11.1 Å². The lowest BCUT2D eigenvalue weighted by Crippen LogP contribution is -2.36. The van der Waals surface area contributed by atoms with Crippen LogP contribution in [0.25, 0.3) is 0 Å². The summed E-state index contributed by atoms with van der Waals surface area (Å²) in [6.45, 7) is 2.24. The van der Waals surface area contributed by atoms with Crippen LogP contribution in [0.15, 0.2) is 12.3 Å². The molecule has 0 atom stereocenters. The zero-order valence-corrected chi connectivity index (χ0v) is 10.2. The van der Waals surface area contributed by atoms with Gasteiger partial charge in [0.05, 0.1) is 10.7 Å². The molecule has 1 aromatic heterocycles. The molecule has 3 N–H and O–H groups in total. The van der Waals surface area contributed by atoms with E-state index < -0.39 is 0 Å². The number of hydrogen-bond acceptors (Lipinski definition) is 4. The second kappa shape index (κ2) is 4.89. The van der Waals surface area contributed by atoms with Crippen molar-refractivity contribution in [3.8, 4) is 0 Å². The first-order valence-corrected chi connectivity index (χ1v) is 5.89. The molecule has 0 saturated carbocycles. The standard InChI is InChI=1S/C11H17ClN4/c1-16-4-2-8(3-5-16)15-10-6-11(13)14-7-9(10)12/h6-8H,2-5H2,1H3,(H3,13,14,15). The van der Waals surface area contributed by atoms with Gasteiger partial charge in [-0.3, -0.25) is 0 Å². The molecule has 1 aliphatic heterocycles. The molecule has 1 fully saturated rings. The van der Waals surface area contributed by atoms with Gasteiger partial charge in [0, 0.05) is 18.3 Å². The largest absolute Gasteiger partial charge is 0.384 e. The highest BCUT2D eigenvalue weighted by Gasteiger charge is 2.17. The zero-order valence-electron chi connectivity index (χ0n) is 9.41. The Balaban J connectivity index is 2.00. The summed E-state index contributed by atoms with van der Waals surface area (Å²) in [5.41, 5.74) is 6.53. The van der Waals surface area contributed by atoms with Crippen molar-refractivity contribution in [2.45, 2.75) is 18.9 Å². The molecule has 1 saturated heterocycles. The van der Waals surface area contributed by atoms with E-state index in [0.29, 0.717) is 16.9 Å². The van der Waals surface area contributed by atoms with Gasteiger partial charge < -0.3 is 16.0 Å². The Kier molecular flexibility index (Phi) is 3.51. The van der Waals surface area contributed by atoms with E-state index in [-0.39, 0.29) is 0 Å². The number of aromatic nitrogens is 1. The summed E-state index contributed by atoms with van der Waals surface area (Å²) in [7, 11) is 2.15. The smallest absolute Gasteiger partial charge is 0.125 e. The minimum Gasteiger partial charge on any atom is -0.384 e. The van der Waals surface area contributed by atoms with Gasteiger partial charge in [0.2, 0.25) is 0 Å². The number of halogens is 1. The Labute approximate surface area is 101 Å². The number of nitrogen functional groups attached to an aromatic ring is 1. The summed E-state index contributed by atoms with van der Waals surface area (Å²) in [6.07, 6.45) is 3.86. The number of nitrogens with one attached hydrogen (secondary N) is 1. The number of likely N-dealkylation sites (tertiary alicyclic amines) is 1. The van der Waals surface area contributed by atoms with Gasteiger partial charge in [0.15, 0.2) is 0 Å². The molecule has 0 amide bonds. The Bertz CT molecular complexity index is 361. The van der Waals surface area contributed by atoms with Crippen LogP contribution in [0.2, 0.25) is 5.02 Å². The number of rotatable bonds is 2. The summed E-state index contributed by atoms with van der Waals surface area (Å²) >= 11 is 6.05. The topological polar surface area (TPSA) is 54.2 Å². The molecule has 0 unspecified atom stereocenters. The normalized spacial score (nSPS) is 18.6. The van der Waals surface area contributed by atoms with Crippen LogP contribution in [-0.2, 0) is 0 Å². The summed E-state index contributed by atoms with van der Waals surface area (Å²) in [5, 5.41) is 4.06. The SMILES string of the molecule is CN1CCC(Nc2cc(N)ncc2Cl)CC1. The maximum Gasteiger partial charge on any atom is 0.125 e. The molecule has 0 aromatic carbocycles. The minimum atomic E-state index is 0.482. The van der Waals surface area contributed by atoms with Gasteiger partial charge in [-0.15, -0.1) is 0 Å². The molecule has 0 spiro atoms. The van der Waals surface area contributed by atoms with Gasteiger partial charge >= 0.3 is 0 Å². The van der Waals surface area contributed by atoms with E-state index in [9.17, 15) is 0 Å². The lowest BCUT2D eigenvalue weighted by Gasteiger charge is -2.30. The Morgan fingerprint density at radius 2 is 2.19 bits per heavy atom. The quantitative estimate of drug-likeness (QED) is 0.828. The number of piperidine rings is 1. The molecule has 2 rings (SSSR count). The fraction of sp³-hybridized carbons (Fsp3) is 0.545. The van der Waals surface area contributed by atoms with Crippen LogP contribution >= 0.6 is 11.6 Å². The summed E-state index contributed by atoms with van der Waals surface area (Å²) < 4.78 is 0.